The molecule has 0 fully saturated rings. The normalized spacial score (nSPS) is 11.7. The van der Waals surface area contributed by atoms with Crippen molar-refractivity contribution < 1.29 is 13.7 Å². The van der Waals surface area contributed by atoms with Crippen molar-refractivity contribution in [3.05, 3.63) is 76.8 Å². The predicted molar refractivity (Wildman–Crippen MR) is 138 cm³/mol. The van der Waals surface area contributed by atoms with Gasteiger partial charge in [-0.1, -0.05) is 49.7 Å². The molecule has 0 spiro atoms. The number of carbonyl (C=O) groups is 1. The summed E-state index contributed by atoms with van der Waals surface area (Å²) in [5.41, 5.74) is 9.60. The average molecular weight is 520 g/mol. The van der Waals surface area contributed by atoms with Crippen LogP contribution in [0.3, 0.4) is 0 Å². The largest absolute Gasteiger partial charge is 0.398 e. The molecule has 3 aromatic heterocycles. The van der Waals surface area contributed by atoms with Crippen molar-refractivity contribution in [2.45, 2.75) is 32.7 Å². The van der Waals surface area contributed by atoms with E-state index in [1.807, 2.05) is 20.8 Å². The van der Waals surface area contributed by atoms with E-state index in [1.165, 1.54) is 6.07 Å². The van der Waals surface area contributed by atoms with Gasteiger partial charge in [0.25, 0.3) is 0 Å². The number of nitrogens with zero attached hydrogens (tertiary/aromatic N) is 4. The first kappa shape index (κ1) is 24.4. The number of amides is 1. The van der Waals surface area contributed by atoms with Crippen molar-refractivity contribution >= 4 is 34.4 Å². The van der Waals surface area contributed by atoms with Crippen LogP contribution in [0, 0.1) is 5.82 Å². The van der Waals surface area contributed by atoms with Crippen LogP contribution in [-0.4, -0.2) is 31.0 Å². The molecule has 11 heteroatoms. The summed E-state index contributed by atoms with van der Waals surface area (Å²) in [6, 6.07) is 11.7. The van der Waals surface area contributed by atoms with E-state index in [-0.39, 0.29) is 17.9 Å². The SMILES string of the molecule is CC(C)(C)c1noc(C(=O)NCc2ccc(-c3ccnc4[nH]c(-c5ccc(Cl)cc5N)nc34)cc2F)n1. The number of halogens is 2. The van der Waals surface area contributed by atoms with Crippen LogP contribution in [-0.2, 0) is 12.0 Å². The summed E-state index contributed by atoms with van der Waals surface area (Å²) in [6.45, 7) is 5.67. The zero-order chi connectivity index (χ0) is 26.3. The van der Waals surface area contributed by atoms with Crippen LogP contribution in [0.15, 0.2) is 53.2 Å². The number of nitrogens with two attached hydrogens (primary N) is 1. The van der Waals surface area contributed by atoms with Crippen LogP contribution in [0.1, 0.15) is 42.8 Å². The van der Waals surface area contributed by atoms with E-state index in [1.54, 1.807) is 42.6 Å². The summed E-state index contributed by atoms with van der Waals surface area (Å²) < 4.78 is 20.1. The Morgan fingerprint density at radius 2 is 1.95 bits per heavy atom. The van der Waals surface area contributed by atoms with E-state index < -0.39 is 11.7 Å². The molecule has 9 nitrogen and oxygen atoms in total. The molecule has 0 unspecified atom stereocenters. The number of nitrogen functional groups attached to an aromatic ring is 1. The van der Waals surface area contributed by atoms with Gasteiger partial charge in [0.05, 0.1) is 0 Å². The highest BCUT2D eigenvalue weighted by molar-refractivity contribution is 6.31. The number of nitrogens with one attached hydrogen (secondary N) is 2. The van der Waals surface area contributed by atoms with Gasteiger partial charge in [-0.25, -0.2) is 14.4 Å². The molecule has 3 heterocycles. The molecule has 5 aromatic rings. The molecule has 4 N–H and O–H groups in total. The second-order valence-electron chi connectivity index (χ2n) is 9.53. The van der Waals surface area contributed by atoms with Crippen molar-refractivity contribution in [1.82, 2.24) is 30.4 Å². The minimum absolute atomic E-state index is 0.0493. The Bertz CT molecular complexity index is 1640. The lowest BCUT2D eigenvalue weighted by Gasteiger charge is -2.10. The van der Waals surface area contributed by atoms with Crippen LogP contribution in [0.5, 0.6) is 0 Å². The van der Waals surface area contributed by atoms with E-state index >= 15 is 4.39 Å². The van der Waals surface area contributed by atoms with Gasteiger partial charge in [0.1, 0.15) is 17.2 Å². The lowest BCUT2D eigenvalue weighted by Crippen LogP contribution is -2.24. The highest BCUT2D eigenvalue weighted by Crippen LogP contribution is 2.32. The molecule has 0 radical (unpaired) electrons. The number of aromatic amines is 1. The molecule has 2 aromatic carbocycles. The topological polar surface area (TPSA) is 136 Å². The molecule has 0 saturated carbocycles. The van der Waals surface area contributed by atoms with Crippen LogP contribution in [0.2, 0.25) is 5.02 Å². The standard InChI is InChI=1S/C26H23ClFN7O2/c1-26(2,3)25-34-24(37-35-25)23(36)31-12-14-5-4-13(10-18(14)28)16-8-9-30-22-20(16)32-21(33-22)17-7-6-15(27)11-19(17)29/h4-11H,12,29H2,1-3H3,(H,31,36)(H,30,32,33). The zero-order valence-electron chi connectivity index (χ0n) is 20.3. The van der Waals surface area contributed by atoms with Gasteiger partial charge in [-0.15, -0.1) is 0 Å². The second-order valence-corrected chi connectivity index (χ2v) is 9.97. The number of hydrogen-bond donors (Lipinski definition) is 3. The van der Waals surface area contributed by atoms with Gasteiger partial charge in [0.15, 0.2) is 11.5 Å². The molecule has 188 valence electrons. The number of benzene rings is 2. The van der Waals surface area contributed by atoms with E-state index in [0.29, 0.717) is 55.8 Å². The third kappa shape index (κ3) is 4.88. The highest BCUT2D eigenvalue weighted by atomic mass is 35.5. The summed E-state index contributed by atoms with van der Waals surface area (Å²) >= 11 is 6.01. The molecule has 0 saturated heterocycles. The maximum atomic E-state index is 15.0. The van der Waals surface area contributed by atoms with Crippen molar-refractivity contribution in [1.29, 1.82) is 0 Å². The third-order valence-corrected chi connectivity index (χ3v) is 5.98. The number of aromatic nitrogens is 5. The van der Waals surface area contributed by atoms with Crippen LogP contribution >= 0.6 is 11.6 Å². The number of anilines is 1. The number of carbonyl (C=O) groups excluding carboxylic acids is 1. The van der Waals surface area contributed by atoms with E-state index in [0.717, 1.165) is 0 Å². The van der Waals surface area contributed by atoms with Gasteiger partial charge < -0.3 is 20.6 Å². The van der Waals surface area contributed by atoms with Crippen molar-refractivity contribution in [2.24, 2.45) is 0 Å². The number of fused-ring (bicyclic) bond motifs is 1. The molecule has 0 bridgehead atoms. The molecule has 37 heavy (non-hydrogen) atoms. The monoisotopic (exact) mass is 519 g/mol. The van der Waals surface area contributed by atoms with Gasteiger partial charge in [0, 0.05) is 45.6 Å². The number of rotatable bonds is 5. The van der Waals surface area contributed by atoms with E-state index in [9.17, 15) is 4.79 Å². The minimum Gasteiger partial charge on any atom is -0.398 e. The van der Waals surface area contributed by atoms with E-state index in [2.05, 4.69) is 30.4 Å². The van der Waals surface area contributed by atoms with Gasteiger partial charge >= 0.3 is 11.8 Å². The lowest BCUT2D eigenvalue weighted by atomic mass is 9.96. The Balaban J connectivity index is 1.38. The Labute approximate surface area is 216 Å². The molecule has 0 atom stereocenters. The average Bonchev–Trinajstić information content (AvgIpc) is 3.50. The van der Waals surface area contributed by atoms with E-state index in [4.69, 9.17) is 21.9 Å². The van der Waals surface area contributed by atoms with Crippen molar-refractivity contribution in [2.75, 3.05) is 5.73 Å². The summed E-state index contributed by atoms with van der Waals surface area (Å²) in [4.78, 5) is 28.7. The molecule has 1 amide bonds. The first-order valence-corrected chi connectivity index (χ1v) is 11.8. The number of pyridine rings is 1. The van der Waals surface area contributed by atoms with Gasteiger partial charge in [-0.3, -0.25) is 4.79 Å². The first-order valence-electron chi connectivity index (χ1n) is 11.4. The first-order chi connectivity index (χ1) is 17.6. The van der Waals surface area contributed by atoms with Crippen LogP contribution < -0.4 is 11.1 Å². The van der Waals surface area contributed by atoms with Gasteiger partial charge in [0.2, 0.25) is 0 Å². The molecule has 5 rings (SSSR count). The Hall–Kier alpha value is -4.31. The molecular formula is C26H23ClFN7O2. The smallest absolute Gasteiger partial charge is 0.315 e. The fourth-order valence-electron chi connectivity index (χ4n) is 3.75. The van der Waals surface area contributed by atoms with Gasteiger partial charge in [-0.2, -0.15) is 4.98 Å². The summed E-state index contributed by atoms with van der Waals surface area (Å²) in [7, 11) is 0. The molecule has 0 aliphatic rings. The summed E-state index contributed by atoms with van der Waals surface area (Å²) in [5.74, 6) is -0.289. The second kappa shape index (κ2) is 9.29. The van der Waals surface area contributed by atoms with Crippen molar-refractivity contribution in [3.8, 4) is 22.5 Å². The van der Waals surface area contributed by atoms with Crippen molar-refractivity contribution in [3.63, 3.8) is 0 Å². The Morgan fingerprint density at radius 1 is 1.14 bits per heavy atom. The Kier molecular flexibility index (Phi) is 6.12. The van der Waals surface area contributed by atoms with Crippen LogP contribution in [0.4, 0.5) is 10.1 Å². The number of hydrogen-bond acceptors (Lipinski definition) is 7. The molecular weight excluding hydrogens is 497 g/mol. The maximum Gasteiger partial charge on any atom is 0.315 e. The predicted octanol–water partition coefficient (Wildman–Crippen LogP) is 5.28. The quantitative estimate of drug-likeness (QED) is 0.269. The minimum atomic E-state index is -0.576. The number of H-pyrrole nitrogens is 1. The van der Waals surface area contributed by atoms with Gasteiger partial charge in [-0.05, 0) is 35.9 Å². The zero-order valence-corrected chi connectivity index (χ0v) is 21.0. The maximum absolute atomic E-state index is 15.0. The molecule has 0 aliphatic carbocycles. The fourth-order valence-corrected chi connectivity index (χ4v) is 3.93. The fraction of sp³-hybridized carbons (Fsp3) is 0.192. The van der Waals surface area contributed by atoms with Crippen LogP contribution in [0.25, 0.3) is 33.7 Å². The Morgan fingerprint density at radius 3 is 2.65 bits per heavy atom. The summed E-state index contributed by atoms with van der Waals surface area (Å²) in [6.07, 6.45) is 1.62. The molecule has 0 aliphatic heterocycles. The summed E-state index contributed by atoms with van der Waals surface area (Å²) in [5, 5.41) is 6.97. The number of imidazole rings is 1. The lowest BCUT2D eigenvalue weighted by molar-refractivity contribution is 0.0906. The highest BCUT2D eigenvalue weighted by Gasteiger charge is 2.24. The third-order valence-electron chi connectivity index (χ3n) is 5.75.